The Morgan fingerprint density at radius 2 is 1.61 bits per heavy atom. The summed E-state index contributed by atoms with van der Waals surface area (Å²) in [5.74, 6) is 1.53. The maximum absolute atomic E-state index is 13.6. The van der Waals surface area contributed by atoms with Crippen LogP contribution in [-0.2, 0) is 6.54 Å². The Bertz CT molecular complexity index is 835. The fraction of sp³-hybridized carbons (Fsp3) is 0.381. The quantitative estimate of drug-likeness (QED) is 0.811. The number of benzene rings is 2. The van der Waals surface area contributed by atoms with Crippen LogP contribution < -0.4 is 19.1 Å². The van der Waals surface area contributed by atoms with Crippen LogP contribution in [0, 0.1) is 5.82 Å². The minimum Gasteiger partial charge on any atom is -0.496 e. The summed E-state index contributed by atoms with van der Waals surface area (Å²) in [6, 6.07) is 9.77. The van der Waals surface area contributed by atoms with Gasteiger partial charge in [-0.25, -0.2) is 4.39 Å². The van der Waals surface area contributed by atoms with E-state index in [1.54, 1.807) is 45.6 Å². The second kappa shape index (κ2) is 8.93. The van der Waals surface area contributed by atoms with E-state index in [1.165, 1.54) is 17.0 Å². The number of halogens is 1. The van der Waals surface area contributed by atoms with E-state index in [1.807, 2.05) is 4.90 Å². The second-order valence-corrected chi connectivity index (χ2v) is 6.74. The number of quaternary nitrogens is 1. The Morgan fingerprint density at radius 1 is 0.964 bits per heavy atom. The molecule has 1 amide bonds. The van der Waals surface area contributed by atoms with Gasteiger partial charge in [-0.05, 0) is 36.4 Å². The van der Waals surface area contributed by atoms with Crippen molar-refractivity contribution < 1.29 is 28.3 Å². The number of nitrogens with one attached hydrogen (secondary N) is 1. The van der Waals surface area contributed by atoms with Crippen LogP contribution in [-0.4, -0.2) is 58.3 Å². The summed E-state index contributed by atoms with van der Waals surface area (Å²) in [5.41, 5.74) is 1.42. The highest BCUT2D eigenvalue weighted by Gasteiger charge is 2.26. The Balaban J connectivity index is 1.62. The highest BCUT2D eigenvalue weighted by molar-refractivity contribution is 5.95. The Labute approximate surface area is 164 Å². The highest BCUT2D eigenvalue weighted by Crippen LogP contribution is 2.28. The van der Waals surface area contributed by atoms with Crippen LogP contribution in [0.15, 0.2) is 36.4 Å². The van der Waals surface area contributed by atoms with Crippen molar-refractivity contribution in [3.8, 4) is 17.2 Å². The van der Waals surface area contributed by atoms with Crippen LogP contribution in [0.1, 0.15) is 15.9 Å². The smallest absolute Gasteiger partial charge is 0.254 e. The van der Waals surface area contributed by atoms with Gasteiger partial charge in [-0.1, -0.05) is 0 Å². The number of carbonyl (C=O) groups is 1. The molecule has 1 N–H and O–H groups in total. The van der Waals surface area contributed by atoms with Gasteiger partial charge in [0, 0.05) is 5.56 Å². The van der Waals surface area contributed by atoms with Gasteiger partial charge in [0.25, 0.3) is 5.91 Å². The molecule has 1 fully saturated rings. The van der Waals surface area contributed by atoms with E-state index in [9.17, 15) is 9.18 Å². The molecular weight excluding hydrogens is 363 g/mol. The fourth-order valence-electron chi connectivity index (χ4n) is 3.51. The Hall–Kier alpha value is -2.80. The van der Waals surface area contributed by atoms with Crippen molar-refractivity contribution in [2.24, 2.45) is 0 Å². The lowest BCUT2D eigenvalue weighted by molar-refractivity contribution is -0.917. The lowest BCUT2D eigenvalue weighted by Crippen LogP contribution is -3.13. The van der Waals surface area contributed by atoms with Crippen LogP contribution >= 0.6 is 0 Å². The van der Waals surface area contributed by atoms with Gasteiger partial charge < -0.3 is 24.0 Å². The van der Waals surface area contributed by atoms with Gasteiger partial charge in [0.05, 0.1) is 53.1 Å². The highest BCUT2D eigenvalue weighted by atomic mass is 19.1. The van der Waals surface area contributed by atoms with Crippen molar-refractivity contribution in [2.75, 3.05) is 47.5 Å². The van der Waals surface area contributed by atoms with E-state index in [0.29, 0.717) is 42.4 Å². The second-order valence-electron chi connectivity index (χ2n) is 6.74. The molecule has 0 unspecified atom stereocenters. The molecule has 1 aliphatic heterocycles. The molecule has 0 spiro atoms. The van der Waals surface area contributed by atoms with Crippen molar-refractivity contribution in [3.63, 3.8) is 0 Å². The first kappa shape index (κ1) is 19.9. The standard InChI is InChI=1S/C21H25FN2O4/c1-26-18-7-5-17(22)12-16(18)14-23-8-10-24(11-9-23)21(25)15-4-6-19(27-2)20(13-15)28-3/h4-7,12-13H,8-11,14H2,1-3H3/p+1. The molecule has 2 aromatic carbocycles. The SMILES string of the molecule is COc1ccc(F)cc1C[NH+]1CCN(C(=O)c2ccc(OC)c(OC)c2)CC1. The van der Waals surface area contributed by atoms with Gasteiger partial charge >= 0.3 is 0 Å². The zero-order valence-corrected chi connectivity index (χ0v) is 16.5. The molecule has 3 rings (SSSR count). The molecule has 0 aliphatic carbocycles. The molecule has 7 heteroatoms. The van der Waals surface area contributed by atoms with Crippen LogP contribution in [0.25, 0.3) is 0 Å². The first-order chi connectivity index (χ1) is 13.5. The summed E-state index contributed by atoms with van der Waals surface area (Å²) in [4.78, 5) is 16.0. The summed E-state index contributed by atoms with van der Waals surface area (Å²) < 4.78 is 29.4. The van der Waals surface area contributed by atoms with E-state index in [2.05, 4.69) is 0 Å². The Kier molecular flexibility index (Phi) is 6.36. The molecule has 28 heavy (non-hydrogen) atoms. The summed E-state index contributed by atoms with van der Waals surface area (Å²) in [5, 5.41) is 0. The van der Waals surface area contributed by atoms with Gasteiger partial charge in [0.1, 0.15) is 18.1 Å². The monoisotopic (exact) mass is 389 g/mol. The molecule has 0 radical (unpaired) electrons. The van der Waals surface area contributed by atoms with E-state index in [4.69, 9.17) is 14.2 Å². The van der Waals surface area contributed by atoms with Crippen molar-refractivity contribution >= 4 is 5.91 Å². The number of carbonyl (C=O) groups excluding carboxylic acids is 1. The van der Waals surface area contributed by atoms with Gasteiger partial charge in [0.2, 0.25) is 0 Å². The summed E-state index contributed by atoms with van der Waals surface area (Å²) in [6.45, 7) is 3.52. The van der Waals surface area contributed by atoms with E-state index in [-0.39, 0.29) is 11.7 Å². The molecular formula is C21H26FN2O4+. The first-order valence-electron chi connectivity index (χ1n) is 9.23. The number of methoxy groups -OCH3 is 3. The van der Waals surface area contributed by atoms with Crippen LogP contribution in [0.2, 0.25) is 0 Å². The molecule has 0 aromatic heterocycles. The maximum atomic E-state index is 13.6. The lowest BCUT2D eigenvalue weighted by Gasteiger charge is -2.32. The van der Waals surface area contributed by atoms with Crippen molar-refractivity contribution in [3.05, 3.63) is 53.3 Å². The summed E-state index contributed by atoms with van der Waals surface area (Å²) in [6.07, 6.45) is 0. The number of amides is 1. The number of ether oxygens (including phenoxy) is 3. The van der Waals surface area contributed by atoms with Crippen molar-refractivity contribution in [1.82, 2.24) is 4.90 Å². The number of rotatable bonds is 6. The van der Waals surface area contributed by atoms with Crippen molar-refractivity contribution in [2.45, 2.75) is 6.54 Å². The minimum atomic E-state index is -0.266. The third-order valence-corrected chi connectivity index (χ3v) is 5.07. The van der Waals surface area contributed by atoms with Crippen LogP contribution in [0.3, 0.4) is 0 Å². The molecule has 1 heterocycles. The zero-order chi connectivity index (χ0) is 20.1. The van der Waals surface area contributed by atoms with Crippen LogP contribution in [0.5, 0.6) is 17.2 Å². The van der Waals surface area contributed by atoms with Gasteiger partial charge in [0.15, 0.2) is 11.5 Å². The maximum Gasteiger partial charge on any atom is 0.254 e. The third kappa shape index (κ3) is 4.36. The fourth-order valence-corrected chi connectivity index (χ4v) is 3.51. The molecule has 6 nitrogen and oxygen atoms in total. The number of piperazine rings is 1. The van der Waals surface area contributed by atoms with E-state index in [0.717, 1.165) is 18.7 Å². The number of hydrogen-bond acceptors (Lipinski definition) is 4. The largest absolute Gasteiger partial charge is 0.496 e. The van der Waals surface area contributed by atoms with E-state index < -0.39 is 0 Å². The molecule has 0 saturated carbocycles. The number of nitrogens with zero attached hydrogens (tertiary/aromatic N) is 1. The van der Waals surface area contributed by atoms with Gasteiger partial charge in [-0.15, -0.1) is 0 Å². The summed E-state index contributed by atoms with van der Waals surface area (Å²) in [7, 11) is 4.70. The van der Waals surface area contributed by atoms with Gasteiger partial charge in [-0.3, -0.25) is 4.79 Å². The number of hydrogen-bond donors (Lipinski definition) is 1. The predicted octanol–water partition coefficient (Wildman–Crippen LogP) is 1.39. The normalized spacial score (nSPS) is 14.6. The van der Waals surface area contributed by atoms with E-state index >= 15 is 0 Å². The van der Waals surface area contributed by atoms with Crippen molar-refractivity contribution in [1.29, 1.82) is 0 Å². The predicted molar refractivity (Wildman–Crippen MR) is 103 cm³/mol. The lowest BCUT2D eigenvalue weighted by atomic mass is 10.1. The molecule has 0 atom stereocenters. The third-order valence-electron chi connectivity index (χ3n) is 5.07. The average molecular weight is 389 g/mol. The van der Waals surface area contributed by atoms with Gasteiger partial charge in [-0.2, -0.15) is 0 Å². The summed E-state index contributed by atoms with van der Waals surface area (Å²) >= 11 is 0. The molecule has 0 bridgehead atoms. The zero-order valence-electron chi connectivity index (χ0n) is 16.5. The van der Waals surface area contributed by atoms with Crippen LogP contribution in [0.4, 0.5) is 4.39 Å². The molecule has 2 aromatic rings. The molecule has 1 saturated heterocycles. The first-order valence-corrected chi connectivity index (χ1v) is 9.23. The minimum absolute atomic E-state index is 0.0247. The average Bonchev–Trinajstić information content (AvgIpc) is 2.73. The Morgan fingerprint density at radius 3 is 2.25 bits per heavy atom. The molecule has 150 valence electrons. The molecule has 1 aliphatic rings. The topological polar surface area (TPSA) is 52.4 Å².